The summed E-state index contributed by atoms with van der Waals surface area (Å²) in [4.78, 5) is 4.29. The number of hydrogen-bond donors (Lipinski definition) is 1. The fourth-order valence-corrected chi connectivity index (χ4v) is 3.85. The minimum atomic E-state index is 0.0298. The van der Waals surface area contributed by atoms with E-state index in [0.717, 1.165) is 5.76 Å². The van der Waals surface area contributed by atoms with E-state index in [1.54, 1.807) is 24.5 Å². The van der Waals surface area contributed by atoms with E-state index in [0.29, 0.717) is 39.2 Å². The van der Waals surface area contributed by atoms with Crippen molar-refractivity contribution in [1.82, 2.24) is 4.98 Å². The molecule has 0 aliphatic heterocycles. The molecule has 9 heteroatoms. The number of nitriles is 2. The molecule has 0 amide bonds. The lowest BCUT2D eigenvalue weighted by atomic mass is 9.96. The summed E-state index contributed by atoms with van der Waals surface area (Å²) in [5.74, 6) is 2.38. The quantitative estimate of drug-likeness (QED) is 0.562. The summed E-state index contributed by atoms with van der Waals surface area (Å²) in [5.41, 5.74) is 7.28. The van der Waals surface area contributed by atoms with Gasteiger partial charge in [-0.3, -0.25) is 0 Å². The van der Waals surface area contributed by atoms with Gasteiger partial charge in [-0.2, -0.15) is 10.5 Å². The monoisotopic (exact) mass is 422 g/mol. The van der Waals surface area contributed by atoms with Gasteiger partial charge in [0.25, 0.3) is 0 Å². The molecule has 0 fully saturated rings. The predicted molar refractivity (Wildman–Crippen MR) is 111 cm³/mol. The molecule has 0 radical (unpaired) electrons. The number of pyridine rings is 1. The molecular formula is C21H18N4O4S. The van der Waals surface area contributed by atoms with Crippen LogP contribution in [0.3, 0.4) is 0 Å². The number of nitrogens with zero attached hydrogens (tertiary/aromatic N) is 3. The molecule has 2 aromatic heterocycles. The van der Waals surface area contributed by atoms with Gasteiger partial charge in [-0.15, -0.1) is 0 Å². The third kappa shape index (κ3) is 3.84. The number of rotatable bonds is 7. The second-order valence-electron chi connectivity index (χ2n) is 5.93. The van der Waals surface area contributed by atoms with Gasteiger partial charge in [0, 0.05) is 5.56 Å². The minimum absolute atomic E-state index is 0.0298. The number of nitrogens with two attached hydrogens (primary N) is 1. The number of methoxy groups -OCH3 is 3. The molecule has 152 valence electrons. The molecule has 3 aromatic rings. The van der Waals surface area contributed by atoms with Crippen molar-refractivity contribution in [3.63, 3.8) is 0 Å². The van der Waals surface area contributed by atoms with Crippen LogP contribution in [0.5, 0.6) is 17.2 Å². The van der Waals surface area contributed by atoms with Gasteiger partial charge in [0.1, 0.15) is 34.3 Å². The summed E-state index contributed by atoms with van der Waals surface area (Å²) in [6.07, 6.45) is 1.57. The van der Waals surface area contributed by atoms with Gasteiger partial charge in [-0.1, -0.05) is 11.8 Å². The molecular weight excluding hydrogens is 404 g/mol. The molecule has 0 spiro atoms. The van der Waals surface area contributed by atoms with Crippen LogP contribution in [0.1, 0.15) is 16.9 Å². The average molecular weight is 422 g/mol. The highest BCUT2D eigenvalue weighted by Crippen LogP contribution is 2.44. The van der Waals surface area contributed by atoms with E-state index in [-0.39, 0.29) is 16.9 Å². The molecule has 0 bridgehead atoms. The zero-order chi connectivity index (χ0) is 21.7. The zero-order valence-corrected chi connectivity index (χ0v) is 17.4. The molecule has 0 unspecified atom stereocenters. The number of benzene rings is 1. The number of anilines is 1. The van der Waals surface area contributed by atoms with E-state index >= 15 is 0 Å². The van der Waals surface area contributed by atoms with Gasteiger partial charge in [-0.25, -0.2) is 4.98 Å². The van der Waals surface area contributed by atoms with E-state index in [1.165, 1.54) is 33.1 Å². The van der Waals surface area contributed by atoms with Crippen LogP contribution < -0.4 is 19.9 Å². The van der Waals surface area contributed by atoms with Crippen molar-refractivity contribution in [2.24, 2.45) is 0 Å². The number of thioether (sulfide) groups is 1. The van der Waals surface area contributed by atoms with Gasteiger partial charge in [0.2, 0.25) is 5.75 Å². The molecule has 2 heterocycles. The first-order chi connectivity index (χ1) is 14.6. The van der Waals surface area contributed by atoms with Crippen LogP contribution in [-0.4, -0.2) is 26.3 Å². The normalized spacial score (nSPS) is 10.2. The molecule has 0 saturated heterocycles. The third-order valence-corrected chi connectivity index (χ3v) is 5.30. The Morgan fingerprint density at radius 2 is 1.73 bits per heavy atom. The first kappa shape index (κ1) is 20.9. The lowest BCUT2D eigenvalue weighted by Crippen LogP contribution is -2.04. The summed E-state index contributed by atoms with van der Waals surface area (Å²) in [5, 5.41) is 20.0. The summed E-state index contributed by atoms with van der Waals surface area (Å²) < 4.78 is 21.5. The molecule has 2 N–H and O–H groups in total. The Bertz CT molecular complexity index is 1120. The van der Waals surface area contributed by atoms with E-state index in [9.17, 15) is 10.5 Å². The Balaban J connectivity index is 2.23. The number of nitrogen functional groups attached to an aromatic ring is 1. The predicted octanol–water partition coefficient (Wildman–Crippen LogP) is 3.99. The molecule has 1 aromatic carbocycles. The largest absolute Gasteiger partial charge is 0.493 e. The third-order valence-electron chi connectivity index (χ3n) is 4.30. The highest BCUT2D eigenvalue weighted by atomic mass is 32.2. The van der Waals surface area contributed by atoms with Crippen LogP contribution >= 0.6 is 11.8 Å². The Labute approximate surface area is 177 Å². The number of furan rings is 1. The standard InChI is InChI=1S/C21H18N4O4S/c1-26-16-7-12(8-17(27-2)19(16)28-3)18-14(9-22)20(24)25-21(15(18)10-23)30-11-13-5-4-6-29-13/h4-8H,11H2,1-3H3,(H2,24,25). The number of ether oxygens (including phenoxy) is 3. The zero-order valence-electron chi connectivity index (χ0n) is 16.6. The van der Waals surface area contributed by atoms with Crippen molar-refractivity contribution in [3.8, 4) is 40.5 Å². The van der Waals surface area contributed by atoms with Gasteiger partial charge in [-0.05, 0) is 29.8 Å². The van der Waals surface area contributed by atoms with E-state index in [4.69, 9.17) is 24.4 Å². The van der Waals surface area contributed by atoms with Crippen LogP contribution in [0.4, 0.5) is 5.82 Å². The Morgan fingerprint density at radius 1 is 1.07 bits per heavy atom. The van der Waals surface area contributed by atoms with Gasteiger partial charge in [0.15, 0.2) is 11.5 Å². The number of hydrogen-bond acceptors (Lipinski definition) is 9. The maximum absolute atomic E-state index is 9.92. The van der Waals surface area contributed by atoms with Crippen LogP contribution in [0.2, 0.25) is 0 Å². The van der Waals surface area contributed by atoms with Gasteiger partial charge in [0.05, 0.1) is 38.9 Å². The molecule has 0 aliphatic carbocycles. The summed E-state index contributed by atoms with van der Waals surface area (Å²) in [7, 11) is 4.47. The molecule has 0 aliphatic rings. The highest BCUT2D eigenvalue weighted by molar-refractivity contribution is 7.98. The first-order valence-electron chi connectivity index (χ1n) is 8.67. The molecule has 0 atom stereocenters. The van der Waals surface area contributed by atoms with E-state index in [1.807, 2.05) is 6.07 Å². The van der Waals surface area contributed by atoms with Crippen molar-refractivity contribution in [1.29, 1.82) is 10.5 Å². The lowest BCUT2D eigenvalue weighted by molar-refractivity contribution is 0.324. The van der Waals surface area contributed by atoms with Crippen molar-refractivity contribution < 1.29 is 18.6 Å². The van der Waals surface area contributed by atoms with Crippen molar-refractivity contribution in [2.45, 2.75) is 10.8 Å². The van der Waals surface area contributed by atoms with Crippen molar-refractivity contribution in [3.05, 3.63) is 47.4 Å². The minimum Gasteiger partial charge on any atom is -0.493 e. The molecule has 30 heavy (non-hydrogen) atoms. The summed E-state index contributed by atoms with van der Waals surface area (Å²) >= 11 is 1.30. The van der Waals surface area contributed by atoms with Gasteiger partial charge < -0.3 is 24.4 Å². The molecule has 0 saturated carbocycles. The highest BCUT2D eigenvalue weighted by Gasteiger charge is 2.23. The van der Waals surface area contributed by atoms with Crippen molar-refractivity contribution in [2.75, 3.05) is 27.1 Å². The fraction of sp³-hybridized carbons (Fsp3) is 0.190. The summed E-state index contributed by atoms with van der Waals surface area (Å²) in [6.45, 7) is 0. The van der Waals surface area contributed by atoms with E-state index < -0.39 is 0 Å². The van der Waals surface area contributed by atoms with Crippen LogP contribution in [-0.2, 0) is 5.75 Å². The second kappa shape index (κ2) is 9.12. The smallest absolute Gasteiger partial charge is 0.203 e. The van der Waals surface area contributed by atoms with Crippen LogP contribution in [0, 0.1) is 22.7 Å². The second-order valence-corrected chi connectivity index (χ2v) is 6.90. The summed E-state index contributed by atoms with van der Waals surface area (Å²) in [6, 6.07) is 11.2. The van der Waals surface area contributed by atoms with Crippen molar-refractivity contribution >= 4 is 17.6 Å². The van der Waals surface area contributed by atoms with Crippen LogP contribution in [0.15, 0.2) is 40.0 Å². The topological polar surface area (TPSA) is 127 Å². The maximum Gasteiger partial charge on any atom is 0.203 e. The maximum atomic E-state index is 9.92. The van der Waals surface area contributed by atoms with Gasteiger partial charge >= 0.3 is 0 Å². The SMILES string of the molecule is COc1cc(-c2c(C#N)c(N)nc(SCc3ccco3)c2C#N)cc(OC)c1OC. The molecule has 8 nitrogen and oxygen atoms in total. The van der Waals surface area contributed by atoms with E-state index in [2.05, 4.69) is 17.1 Å². The fourth-order valence-electron chi connectivity index (χ4n) is 2.95. The Hall–Kier alpha value is -3.82. The Morgan fingerprint density at radius 3 is 2.23 bits per heavy atom. The van der Waals surface area contributed by atoms with Crippen LogP contribution in [0.25, 0.3) is 11.1 Å². The molecule has 3 rings (SSSR count). The average Bonchev–Trinajstić information content (AvgIpc) is 3.29. The Kier molecular flexibility index (Phi) is 6.35. The number of aromatic nitrogens is 1. The first-order valence-corrected chi connectivity index (χ1v) is 9.65. The lowest BCUT2D eigenvalue weighted by Gasteiger charge is -2.17.